The molecular formula is C17H27N3O2. The Morgan fingerprint density at radius 3 is 2.64 bits per heavy atom. The quantitative estimate of drug-likeness (QED) is 0.788. The van der Waals surface area contributed by atoms with E-state index in [0.29, 0.717) is 26.3 Å². The number of benzene rings is 1. The number of carbonyl (C=O) groups is 1. The zero-order valence-corrected chi connectivity index (χ0v) is 13.4. The van der Waals surface area contributed by atoms with Gasteiger partial charge in [-0.3, -0.25) is 4.79 Å². The molecule has 0 bridgehead atoms. The van der Waals surface area contributed by atoms with E-state index in [1.807, 2.05) is 18.2 Å². The summed E-state index contributed by atoms with van der Waals surface area (Å²) in [5, 5.41) is 3.04. The number of amides is 1. The third-order valence-corrected chi connectivity index (χ3v) is 4.40. The van der Waals surface area contributed by atoms with Crippen molar-refractivity contribution in [3.05, 3.63) is 35.9 Å². The fourth-order valence-electron chi connectivity index (χ4n) is 2.81. The van der Waals surface area contributed by atoms with Crippen molar-refractivity contribution in [2.24, 2.45) is 11.1 Å². The van der Waals surface area contributed by atoms with Gasteiger partial charge in [-0.15, -0.1) is 0 Å². The summed E-state index contributed by atoms with van der Waals surface area (Å²) in [4.78, 5) is 14.6. The van der Waals surface area contributed by atoms with Crippen LogP contribution in [0.1, 0.15) is 18.4 Å². The molecule has 1 aromatic rings. The Bertz CT molecular complexity index is 458. The van der Waals surface area contributed by atoms with Gasteiger partial charge in [-0.1, -0.05) is 30.3 Å². The number of rotatable bonds is 7. The fraction of sp³-hybridized carbons (Fsp3) is 0.588. The molecule has 1 aliphatic rings. The number of likely N-dealkylation sites (N-methyl/N-ethyl adjacent to an activating group) is 1. The van der Waals surface area contributed by atoms with Crippen LogP contribution in [0.25, 0.3) is 0 Å². The molecule has 2 rings (SSSR count). The lowest BCUT2D eigenvalue weighted by Crippen LogP contribution is -2.50. The molecule has 122 valence electrons. The van der Waals surface area contributed by atoms with Crippen molar-refractivity contribution >= 4 is 5.91 Å². The molecule has 0 aliphatic carbocycles. The summed E-state index contributed by atoms with van der Waals surface area (Å²) >= 11 is 0. The third-order valence-electron chi connectivity index (χ3n) is 4.40. The third kappa shape index (κ3) is 4.53. The molecule has 3 N–H and O–H groups in total. The molecular weight excluding hydrogens is 278 g/mol. The first-order valence-electron chi connectivity index (χ1n) is 7.95. The summed E-state index contributed by atoms with van der Waals surface area (Å²) in [6, 6.07) is 10.3. The van der Waals surface area contributed by atoms with Gasteiger partial charge < -0.3 is 20.7 Å². The largest absolute Gasteiger partial charge is 0.381 e. The van der Waals surface area contributed by atoms with Crippen molar-refractivity contribution in [3.8, 4) is 0 Å². The maximum atomic E-state index is 12.4. The van der Waals surface area contributed by atoms with Crippen LogP contribution in [0, 0.1) is 5.41 Å². The SMILES string of the molecule is CN(CCNC(=O)C1(CN)CCOCC1)Cc1ccccc1. The van der Waals surface area contributed by atoms with Gasteiger partial charge in [0.1, 0.15) is 0 Å². The number of ether oxygens (including phenoxy) is 1. The number of carbonyl (C=O) groups excluding carboxylic acids is 1. The lowest BCUT2D eigenvalue weighted by atomic mass is 9.79. The molecule has 1 aliphatic heterocycles. The van der Waals surface area contributed by atoms with Crippen molar-refractivity contribution in [2.75, 3.05) is 39.9 Å². The number of nitrogens with zero attached hydrogens (tertiary/aromatic N) is 1. The van der Waals surface area contributed by atoms with E-state index >= 15 is 0 Å². The van der Waals surface area contributed by atoms with Crippen molar-refractivity contribution < 1.29 is 9.53 Å². The summed E-state index contributed by atoms with van der Waals surface area (Å²) in [6.45, 7) is 3.98. The normalized spacial score (nSPS) is 17.4. The van der Waals surface area contributed by atoms with Gasteiger partial charge in [-0.05, 0) is 25.5 Å². The number of nitrogens with two attached hydrogens (primary N) is 1. The Labute approximate surface area is 132 Å². The summed E-state index contributed by atoms with van der Waals surface area (Å²) in [7, 11) is 2.06. The molecule has 0 aromatic heterocycles. The van der Waals surface area contributed by atoms with Gasteiger partial charge >= 0.3 is 0 Å². The molecule has 0 radical (unpaired) electrons. The minimum absolute atomic E-state index is 0.0754. The van der Waals surface area contributed by atoms with Crippen LogP contribution in [0.4, 0.5) is 0 Å². The molecule has 1 fully saturated rings. The first-order valence-corrected chi connectivity index (χ1v) is 7.95. The second-order valence-corrected chi connectivity index (χ2v) is 6.08. The number of nitrogens with one attached hydrogen (secondary N) is 1. The van der Waals surface area contributed by atoms with Crippen LogP contribution in [0.2, 0.25) is 0 Å². The highest BCUT2D eigenvalue weighted by molar-refractivity contribution is 5.83. The topological polar surface area (TPSA) is 67.6 Å². The van der Waals surface area contributed by atoms with Crippen LogP contribution in [-0.2, 0) is 16.1 Å². The van der Waals surface area contributed by atoms with Gasteiger partial charge in [-0.25, -0.2) is 0 Å². The smallest absolute Gasteiger partial charge is 0.227 e. The minimum atomic E-state index is -0.434. The molecule has 0 unspecified atom stereocenters. The Kier molecular flexibility index (Phi) is 6.36. The van der Waals surface area contributed by atoms with Gasteiger partial charge in [0, 0.05) is 39.4 Å². The van der Waals surface area contributed by atoms with E-state index in [4.69, 9.17) is 10.5 Å². The Morgan fingerprint density at radius 1 is 1.32 bits per heavy atom. The lowest BCUT2D eigenvalue weighted by molar-refractivity contribution is -0.135. The summed E-state index contributed by atoms with van der Waals surface area (Å²) in [6.07, 6.45) is 1.43. The van der Waals surface area contributed by atoms with Crippen molar-refractivity contribution in [3.63, 3.8) is 0 Å². The van der Waals surface area contributed by atoms with Crippen molar-refractivity contribution in [2.45, 2.75) is 19.4 Å². The predicted molar refractivity (Wildman–Crippen MR) is 87.3 cm³/mol. The summed E-state index contributed by atoms with van der Waals surface area (Å²) in [5.41, 5.74) is 6.69. The van der Waals surface area contributed by atoms with Crippen LogP contribution in [-0.4, -0.2) is 50.7 Å². The van der Waals surface area contributed by atoms with E-state index in [2.05, 4.69) is 29.4 Å². The maximum absolute atomic E-state index is 12.4. The van der Waals surface area contributed by atoms with Gasteiger partial charge in [0.15, 0.2) is 0 Å². The monoisotopic (exact) mass is 305 g/mol. The standard InChI is InChI=1S/C17H27N3O2/c1-20(13-15-5-3-2-4-6-15)10-9-19-16(21)17(14-18)7-11-22-12-8-17/h2-6H,7-14,18H2,1H3,(H,19,21). The number of hydrogen-bond acceptors (Lipinski definition) is 4. The van der Waals surface area contributed by atoms with Crippen molar-refractivity contribution in [1.29, 1.82) is 0 Å². The van der Waals surface area contributed by atoms with Crippen LogP contribution >= 0.6 is 0 Å². The molecule has 22 heavy (non-hydrogen) atoms. The average molecular weight is 305 g/mol. The number of hydrogen-bond donors (Lipinski definition) is 2. The second kappa shape index (κ2) is 8.27. The van der Waals surface area contributed by atoms with E-state index in [1.54, 1.807) is 0 Å². The first kappa shape index (κ1) is 16.9. The van der Waals surface area contributed by atoms with Crippen LogP contribution in [0.5, 0.6) is 0 Å². The van der Waals surface area contributed by atoms with Crippen LogP contribution in [0.15, 0.2) is 30.3 Å². The van der Waals surface area contributed by atoms with E-state index in [0.717, 1.165) is 25.9 Å². The van der Waals surface area contributed by atoms with Gasteiger partial charge in [0.2, 0.25) is 5.91 Å². The molecule has 1 saturated heterocycles. The van der Waals surface area contributed by atoms with E-state index < -0.39 is 5.41 Å². The molecule has 5 nitrogen and oxygen atoms in total. The molecule has 1 heterocycles. The van der Waals surface area contributed by atoms with E-state index in [9.17, 15) is 4.79 Å². The van der Waals surface area contributed by atoms with E-state index in [-0.39, 0.29) is 5.91 Å². The highest BCUT2D eigenvalue weighted by Gasteiger charge is 2.38. The van der Waals surface area contributed by atoms with Gasteiger partial charge in [0.25, 0.3) is 0 Å². The highest BCUT2D eigenvalue weighted by atomic mass is 16.5. The van der Waals surface area contributed by atoms with Gasteiger partial charge in [-0.2, -0.15) is 0 Å². The summed E-state index contributed by atoms with van der Waals surface area (Å²) in [5.74, 6) is 0.0754. The van der Waals surface area contributed by atoms with E-state index in [1.165, 1.54) is 5.56 Å². The van der Waals surface area contributed by atoms with Crippen LogP contribution in [0.3, 0.4) is 0 Å². The average Bonchev–Trinajstić information content (AvgIpc) is 2.56. The molecule has 1 aromatic carbocycles. The second-order valence-electron chi connectivity index (χ2n) is 6.08. The molecule has 0 spiro atoms. The molecule has 1 amide bonds. The zero-order valence-electron chi connectivity index (χ0n) is 13.4. The lowest BCUT2D eigenvalue weighted by Gasteiger charge is -2.34. The zero-order chi connectivity index (χ0) is 15.8. The van der Waals surface area contributed by atoms with Crippen molar-refractivity contribution in [1.82, 2.24) is 10.2 Å². The molecule has 0 saturated carbocycles. The molecule has 0 atom stereocenters. The van der Waals surface area contributed by atoms with Gasteiger partial charge in [0.05, 0.1) is 5.41 Å². The Morgan fingerprint density at radius 2 is 2.00 bits per heavy atom. The highest BCUT2D eigenvalue weighted by Crippen LogP contribution is 2.29. The summed E-state index contributed by atoms with van der Waals surface area (Å²) < 4.78 is 5.34. The predicted octanol–water partition coefficient (Wildman–Crippen LogP) is 0.990. The fourth-order valence-corrected chi connectivity index (χ4v) is 2.81. The van der Waals surface area contributed by atoms with Crippen LogP contribution < -0.4 is 11.1 Å². The minimum Gasteiger partial charge on any atom is -0.381 e. The first-order chi connectivity index (χ1) is 10.7. The Hall–Kier alpha value is -1.43. The maximum Gasteiger partial charge on any atom is 0.227 e. The Balaban J connectivity index is 1.74. The molecule has 5 heteroatoms.